The molecule has 3 aromatic rings. The van der Waals surface area contributed by atoms with Crippen molar-refractivity contribution >= 4 is 34.4 Å². The summed E-state index contributed by atoms with van der Waals surface area (Å²) in [7, 11) is 1.33. The van der Waals surface area contributed by atoms with Gasteiger partial charge in [-0.05, 0) is 30.3 Å². The number of rotatable bonds is 3. The zero-order chi connectivity index (χ0) is 17.3. The Bertz CT molecular complexity index is 929. The summed E-state index contributed by atoms with van der Waals surface area (Å²) in [5, 5.41) is 2.64. The molecule has 0 spiro atoms. The van der Waals surface area contributed by atoms with Crippen LogP contribution in [0.4, 0.5) is 11.4 Å². The van der Waals surface area contributed by atoms with Crippen molar-refractivity contribution in [2.24, 2.45) is 0 Å². The molecule has 7 heteroatoms. The van der Waals surface area contributed by atoms with Gasteiger partial charge in [-0.1, -0.05) is 0 Å². The smallest absolute Gasteiger partial charge is 0.337 e. The molecule has 0 aliphatic heterocycles. The van der Waals surface area contributed by atoms with Crippen LogP contribution < -0.4 is 11.1 Å². The van der Waals surface area contributed by atoms with Crippen LogP contribution in [0, 0.1) is 0 Å². The maximum atomic E-state index is 11.5. The Kier molecular flexibility index (Phi) is 3.91. The second-order valence-corrected chi connectivity index (χ2v) is 5.18. The first-order valence-electron chi connectivity index (χ1n) is 7.14. The fourth-order valence-corrected chi connectivity index (χ4v) is 2.28. The maximum absolute atomic E-state index is 11.5. The lowest BCUT2D eigenvalue weighted by molar-refractivity contribution is -0.114. The lowest BCUT2D eigenvalue weighted by Crippen LogP contribution is -2.07. The molecule has 0 saturated heterocycles. The standard InChI is InChI=1S/C17H15N3O4/c1-9(21)19-13-8-14-15(7-12(13)18)24-16(20-14)10-3-5-11(6-4-10)17(22)23-2/h3-8H,18H2,1-2H3,(H,19,21). The Morgan fingerprint density at radius 3 is 2.54 bits per heavy atom. The fourth-order valence-electron chi connectivity index (χ4n) is 2.28. The van der Waals surface area contributed by atoms with E-state index in [-0.39, 0.29) is 5.91 Å². The van der Waals surface area contributed by atoms with Crippen LogP contribution in [-0.4, -0.2) is 24.0 Å². The summed E-state index contributed by atoms with van der Waals surface area (Å²) >= 11 is 0. The van der Waals surface area contributed by atoms with Gasteiger partial charge in [-0.25, -0.2) is 9.78 Å². The van der Waals surface area contributed by atoms with Gasteiger partial charge in [0.2, 0.25) is 11.8 Å². The van der Waals surface area contributed by atoms with Gasteiger partial charge in [-0.3, -0.25) is 4.79 Å². The third kappa shape index (κ3) is 2.91. The number of aromatic nitrogens is 1. The van der Waals surface area contributed by atoms with E-state index < -0.39 is 5.97 Å². The van der Waals surface area contributed by atoms with Crippen molar-refractivity contribution < 1.29 is 18.7 Å². The Balaban J connectivity index is 1.98. The number of nitrogens with one attached hydrogen (secondary N) is 1. The minimum absolute atomic E-state index is 0.219. The number of hydrogen-bond donors (Lipinski definition) is 2. The first-order chi connectivity index (χ1) is 11.5. The van der Waals surface area contributed by atoms with Gasteiger partial charge < -0.3 is 20.2 Å². The minimum Gasteiger partial charge on any atom is -0.465 e. The lowest BCUT2D eigenvalue weighted by atomic mass is 10.1. The Morgan fingerprint density at radius 1 is 1.21 bits per heavy atom. The average molecular weight is 325 g/mol. The number of amides is 1. The summed E-state index contributed by atoms with van der Waals surface area (Å²) in [5.74, 6) is -0.240. The van der Waals surface area contributed by atoms with Crippen molar-refractivity contribution in [2.75, 3.05) is 18.2 Å². The molecule has 24 heavy (non-hydrogen) atoms. The number of methoxy groups -OCH3 is 1. The number of nitrogens with two attached hydrogens (primary N) is 1. The lowest BCUT2D eigenvalue weighted by Gasteiger charge is -2.04. The zero-order valence-corrected chi connectivity index (χ0v) is 13.1. The highest BCUT2D eigenvalue weighted by molar-refractivity contribution is 5.96. The van der Waals surface area contributed by atoms with Crippen LogP contribution in [0.15, 0.2) is 40.8 Å². The number of ether oxygens (including phenoxy) is 1. The topological polar surface area (TPSA) is 107 Å². The number of oxazole rings is 1. The predicted molar refractivity (Wildman–Crippen MR) is 89.5 cm³/mol. The number of nitrogens with zero attached hydrogens (tertiary/aromatic N) is 1. The molecular weight excluding hydrogens is 310 g/mol. The predicted octanol–water partition coefficient (Wildman–Crippen LogP) is 2.82. The first kappa shape index (κ1) is 15.5. The Morgan fingerprint density at radius 2 is 1.92 bits per heavy atom. The zero-order valence-electron chi connectivity index (χ0n) is 13.1. The van der Waals surface area contributed by atoms with Crippen molar-refractivity contribution in [3.8, 4) is 11.5 Å². The average Bonchev–Trinajstić information content (AvgIpc) is 2.97. The third-order valence-electron chi connectivity index (χ3n) is 3.42. The van der Waals surface area contributed by atoms with E-state index in [1.165, 1.54) is 14.0 Å². The van der Waals surface area contributed by atoms with Gasteiger partial charge in [-0.15, -0.1) is 0 Å². The summed E-state index contributed by atoms with van der Waals surface area (Å²) in [6, 6.07) is 9.96. The molecule has 0 fully saturated rings. The number of anilines is 2. The van der Waals surface area contributed by atoms with Crippen molar-refractivity contribution in [3.05, 3.63) is 42.0 Å². The van der Waals surface area contributed by atoms with Crippen LogP contribution in [0.3, 0.4) is 0 Å². The molecular formula is C17H15N3O4. The van der Waals surface area contributed by atoms with Crippen molar-refractivity contribution in [2.45, 2.75) is 6.92 Å². The van der Waals surface area contributed by atoms with Crippen LogP contribution in [0.1, 0.15) is 17.3 Å². The SMILES string of the molecule is COC(=O)c1ccc(-c2nc3cc(NC(C)=O)c(N)cc3o2)cc1. The van der Waals surface area contributed by atoms with E-state index >= 15 is 0 Å². The third-order valence-corrected chi connectivity index (χ3v) is 3.42. The van der Waals surface area contributed by atoms with Gasteiger partial charge in [0.25, 0.3) is 0 Å². The normalized spacial score (nSPS) is 10.6. The largest absolute Gasteiger partial charge is 0.465 e. The molecule has 0 atom stereocenters. The summed E-state index contributed by atoms with van der Waals surface area (Å²) in [5.41, 5.74) is 8.99. The van der Waals surface area contributed by atoms with Crippen molar-refractivity contribution in [1.82, 2.24) is 4.98 Å². The van der Waals surface area contributed by atoms with E-state index in [1.54, 1.807) is 36.4 Å². The number of esters is 1. The minimum atomic E-state index is -0.410. The number of benzene rings is 2. The summed E-state index contributed by atoms with van der Waals surface area (Å²) in [4.78, 5) is 27.0. The van der Waals surface area contributed by atoms with E-state index in [9.17, 15) is 9.59 Å². The highest BCUT2D eigenvalue weighted by Gasteiger charge is 2.13. The van der Waals surface area contributed by atoms with Crippen molar-refractivity contribution in [1.29, 1.82) is 0 Å². The molecule has 7 nitrogen and oxygen atoms in total. The summed E-state index contributed by atoms with van der Waals surface area (Å²) in [6.07, 6.45) is 0. The molecule has 0 unspecified atom stereocenters. The molecule has 3 rings (SSSR count). The van der Waals surface area contributed by atoms with E-state index in [2.05, 4.69) is 15.0 Å². The molecule has 0 aliphatic carbocycles. The molecule has 0 radical (unpaired) electrons. The fraction of sp³-hybridized carbons (Fsp3) is 0.118. The van der Waals surface area contributed by atoms with Crippen molar-refractivity contribution in [3.63, 3.8) is 0 Å². The Labute approximate surface area is 137 Å². The van der Waals surface area contributed by atoms with Gasteiger partial charge in [0, 0.05) is 18.6 Å². The van der Waals surface area contributed by atoms with Gasteiger partial charge in [0.15, 0.2) is 5.58 Å². The molecule has 3 N–H and O–H groups in total. The molecule has 1 amide bonds. The van der Waals surface area contributed by atoms with Gasteiger partial charge >= 0.3 is 5.97 Å². The first-order valence-corrected chi connectivity index (χ1v) is 7.14. The number of nitrogen functional groups attached to an aromatic ring is 1. The second kappa shape index (κ2) is 6.04. The van der Waals surface area contributed by atoms with E-state index in [0.29, 0.717) is 39.5 Å². The van der Waals surface area contributed by atoms with Crippen LogP contribution in [0.25, 0.3) is 22.6 Å². The molecule has 1 aromatic heterocycles. The monoisotopic (exact) mass is 325 g/mol. The summed E-state index contributed by atoms with van der Waals surface area (Å²) < 4.78 is 10.4. The molecule has 0 saturated carbocycles. The van der Waals surface area contributed by atoms with E-state index in [1.807, 2.05) is 0 Å². The highest BCUT2D eigenvalue weighted by Crippen LogP contribution is 2.30. The quantitative estimate of drug-likeness (QED) is 0.566. The molecule has 0 bridgehead atoms. The van der Waals surface area contributed by atoms with Crippen LogP contribution in [0.5, 0.6) is 0 Å². The maximum Gasteiger partial charge on any atom is 0.337 e. The van der Waals surface area contributed by atoms with E-state index in [0.717, 1.165) is 0 Å². The van der Waals surface area contributed by atoms with Gasteiger partial charge in [0.1, 0.15) is 5.52 Å². The number of fused-ring (bicyclic) bond motifs is 1. The van der Waals surface area contributed by atoms with Crippen LogP contribution >= 0.6 is 0 Å². The number of hydrogen-bond acceptors (Lipinski definition) is 6. The van der Waals surface area contributed by atoms with Crippen LogP contribution in [-0.2, 0) is 9.53 Å². The van der Waals surface area contributed by atoms with E-state index in [4.69, 9.17) is 10.2 Å². The van der Waals surface area contributed by atoms with Crippen LogP contribution in [0.2, 0.25) is 0 Å². The molecule has 2 aromatic carbocycles. The van der Waals surface area contributed by atoms with Gasteiger partial charge in [0.05, 0.1) is 24.0 Å². The highest BCUT2D eigenvalue weighted by atomic mass is 16.5. The molecule has 0 aliphatic rings. The van der Waals surface area contributed by atoms with Gasteiger partial charge in [-0.2, -0.15) is 0 Å². The summed E-state index contributed by atoms with van der Waals surface area (Å²) in [6.45, 7) is 1.40. The number of carbonyl (C=O) groups is 2. The number of carbonyl (C=O) groups excluding carboxylic acids is 2. The Hall–Kier alpha value is -3.35. The second-order valence-electron chi connectivity index (χ2n) is 5.18. The molecule has 1 heterocycles. The molecule has 122 valence electrons.